The third kappa shape index (κ3) is 1.53. The highest BCUT2D eigenvalue weighted by atomic mass is 16.3. The molecular weight excluding hydrogens is 240 g/mol. The monoisotopic (exact) mass is 260 g/mol. The lowest BCUT2D eigenvalue weighted by Gasteiger charge is -2.57. The van der Waals surface area contributed by atoms with Gasteiger partial charge in [-0.2, -0.15) is 0 Å². The minimum absolute atomic E-state index is 0.330. The van der Waals surface area contributed by atoms with Crippen LogP contribution in [0.2, 0.25) is 0 Å². The number of pyridine rings is 1. The van der Waals surface area contributed by atoms with Gasteiger partial charge in [0.05, 0.1) is 22.8 Å². The van der Waals surface area contributed by atoms with Gasteiger partial charge in [0.25, 0.3) is 0 Å². The van der Waals surface area contributed by atoms with E-state index in [1.807, 2.05) is 24.4 Å². The molecule has 5 nitrogen and oxygen atoms in total. The van der Waals surface area contributed by atoms with Crippen LogP contribution in [0.15, 0.2) is 24.4 Å². The molecule has 1 aromatic heterocycles. The number of nitrogens with two attached hydrogens (primary N) is 1. The maximum atomic E-state index is 10.9. The van der Waals surface area contributed by atoms with Crippen LogP contribution in [0.3, 0.4) is 0 Å². The third-order valence-electron chi connectivity index (χ3n) is 5.02. The highest BCUT2D eigenvalue weighted by Crippen LogP contribution is 2.43. The minimum atomic E-state index is -0.523. The van der Waals surface area contributed by atoms with Crippen LogP contribution in [0, 0.1) is 0 Å². The van der Waals surface area contributed by atoms with E-state index in [1.54, 1.807) is 0 Å². The number of aromatic nitrogens is 1. The molecule has 0 saturated carbocycles. The molecule has 19 heavy (non-hydrogen) atoms. The summed E-state index contributed by atoms with van der Waals surface area (Å²) < 4.78 is 0. The maximum absolute atomic E-state index is 10.9. The summed E-state index contributed by atoms with van der Waals surface area (Å²) >= 11 is 0. The van der Waals surface area contributed by atoms with E-state index in [0.29, 0.717) is 0 Å². The number of hydrogen-bond acceptors (Lipinski definition) is 5. The quantitative estimate of drug-likeness (QED) is 0.680. The zero-order valence-electron chi connectivity index (χ0n) is 11.0. The molecule has 4 saturated heterocycles. The zero-order chi connectivity index (χ0) is 13.1. The molecule has 5 heterocycles. The Morgan fingerprint density at radius 2 is 1.84 bits per heavy atom. The number of aliphatic hydroxyl groups is 1. The molecule has 4 fully saturated rings. The highest BCUT2D eigenvalue weighted by molar-refractivity contribution is 5.30. The first-order valence-electron chi connectivity index (χ1n) is 6.96. The van der Waals surface area contributed by atoms with Gasteiger partial charge in [0, 0.05) is 45.5 Å². The Morgan fingerprint density at radius 3 is 2.42 bits per heavy atom. The predicted octanol–water partition coefficient (Wildman–Crippen LogP) is -0.977. The summed E-state index contributed by atoms with van der Waals surface area (Å²) in [6, 6.07) is 5.95. The smallest absolute Gasteiger partial charge is 0.0881 e. The molecule has 0 aliphatic carbocycles. The van der Waals surface area contributed by atoms with E-state index < -0.39 is 11.6 Å². The number of piperidine rings is 2. The summed E-state index contributed by atoms with van der Waals surface area (Å²) in [6.07, 6.45) is 1.30. The lowest BCUT2D eigenvalue weighted by molar-refractivity contribution is -0.0904. The minimum Gasteiger partial charge on any atom is -0.390 e. The first-order valence-corrected chi connectivity index (χ1v) is 6.96. The van der Waals surface area contributed by atoms with Gasteiger partial charge >= 0.3 is 0 Å². The van der Waals surface area contributed by atoms with Gasteiger partial charge in [0.15, 0.2) is 0 Å². The zero-order valence-corrected chi connectivity index (χ0v) is 11.0. The molecule has 4 bridgehead atoms. The van der Waals surface area contributed by atoms with Gasteiger partial charge in [-0.15, -0.1) is 0 Å². The van der Waals surface area contributed by atoms with Crippen molar-refractivity contribution in [2.75, 3.05) is 39.3 Å². The Balaban J connectivity index is 1.87. The van der Waals surface area contributed by atoms with Gasteiger partial charge in [0.1, 0.15) is 0 Å². The second kappa shape index (κ2) is 3.76. The number of nitrogens with zero attached hydrogens (tertiary/aromatic N) is 3. The summed E-state index contributed by atoms with van der Waals surface area (Å²) in [6.45, 7) is 5.39. The SMILES string of the molecule is NC12CN3CCN(C1)CC(c1ccccn1)(C3)C2O. The van der Waals surface area contributed by atoms with Crippen LogP contribution in [-0.4, -0.2) is 70.8 Å². The number of fused-ring (bicyclic) bond motifs is 1. The van der Waals surface area contributed by atoms with E-state index in [1.165, 1.54) is 0 Å². The van der Waals surface area contributed by atoms with Crippen molar-refractivity contribution in [1.29, 1.82) is 0 Å². The Kier molecular flexibility index (Phi) is 2.33. The van der Waals surface area contributed by atoms with Crippen LogP contribution in [0.5, 0.6) is 0 Å². The Labute approximate surface area is 113 Å². The van der Waals surface area contributed by atoms with Crippen molar-refractivity contribution in [3.05, 3.63) is 30.1 Å². The molecule has 3 unspecified atom stereocenters. The fourth-order valence-electron chi connectivity index (χ4n) is 4.30. The average Bonchev–Trinajstić information content (AvgIpc) is 2.64. The summed E-state index contributed by atoms with van der Waals surface area (Å²) in [7, 11) is 0. The fourth-order valence-corrected chi connectivity index (χ4v) is 4.30. The Morgan fingerprint density at radius 1 is 1.16 bits per heavy atom. The summed E-state index contributed by atoms with van der Waals surface area (Å²) in [4.78, 5) is 9.32. The lowest BCUT2D eigenvalue weighted by atomic mass is 9.64. The molecule has 0 aromatic carbocycles. The molecule has 102 valence electrons. The van der Waals surface area contributed by atoms with Gasteiger partial charge < -0.3 is 10.8 Å². The van der Waals surface area contributed by atoms with Crippen molar-refractivity contribution in [2.24, 2.45) is 5.73 Å². The van der Waals surface area contributed by atoms with E-state index in [9.17, 15) is 5.11 Å². The molecule has 0 radical (unpaired) electrons. The van der Waals surface area contributed by atoms with Crippen LogP contribution in [0.4, 0.5) is 0 Å². The van der Waals surface area contributed by atoms with E-state index in [-0.39, 0.29) is 5.41 Å². The van der Waals surface area contributed by atoms with Crippen molar-refractivity contribution in [2.45, 2.75) is 17.1 Å². The Bertz CT molecular complexity index is 475. The van der Waals surface area contributed by atoms with Gasteiger partial charge in [-0.25, -0.2) is 0 Å². The van der Waals surface area contributed by atoms with Gasteiger partial charge in [-0.3, -0.25) is 14.8 Å². The molecule has 5 rings (SSSR count). The topological polar surface area (TPSA) is 65.6 Å². The normalized spacial score (nSPS) is 48.2. The molecule has 1 aromatic rings. The summed E-state index contributed by atoms with van der Waals surface area (Å²) in [5.74, 6) is 0. The largest absolute Gasteiger partial charge is 0.390 e. The number of aliphatic hydroxyl groups excluding tert-OH is 1. The van der Waals surface area contributed by atoms with Gasteiger partial charge in [0.2, 0.25) is 0 Å². The van der Waals surface area contributed by atoms with E-state index in [0.717, 1.165) is 45.0 Å². The second-order valence-electron chi connectivity index (χ2n) is 6.43. The van der Waals surface area contributed by atoms with E-state index in [4.69, 9.17) is 5.73 Å². The molecule has 3 atom stereocenters. The van der Waals surface area contributed by atoms with Gasteiger partial charge in [-0.1, -0.05) is 6.07 Å². The average molecular weight is 260 g/mol. The van der Waals surface area contributed by atoms with Crippen LogP contribution in [0.25, 0.3) is 0 Å². The van der Waals surface area contributed by atoms with Crippen molar-refractivity contribution in [3.63, 3.8) is 0 Å². The predicted molar refractivity (Wildman–Crippen MR) is 71.7 cm³/mol. The third-order valence-corrected chi connectivity index (χ3v) is 5.02. The molecule has 0 spiro atoms. The maximum Gasteiger partial charge on any atom is 0.0881 e. The first kappa shape index (κ1) is 11.8. The van der Waals surface area contributed by atoms with Crippen LogP contribution >= 0.6 is 0 Å². The van der Waals surface area contributed by atoms with Crippen LogP contribution in [0.1, 0.15) is 5.69 Å². The fraction of sp³-hybridized carbons (Fsp3) is 0.643. The van der Waals surface area contributed by atoms with E-state index >= 15 is 0 Å². The van der Waals surface area contributed by atoms with E-state index in [2.05, 4.69) is 14.8 Å². The standard InChI is InChI=1S/C14H20N4O/c15-14-9-17-5-6-18(10-14)8-13(7-17,12(14)19)11-3-1-2-4-16-11/h1-4,12,19H,5-10,15H2. The molecule has 0 amide bonds. The molecule has 4 aliphatic heterocycles. The highest BCUT2D eigenvalue weighted by Gasteiger charge is 2.61. The van der Waals surface area contributed by atoms with Gasteiger partial charge in [-0.05, 0) is 12.1 Å². The van der Waals surface area contributed by atoms with Crippen molar-refractivity contribution in [1.82, 2.24) is 14.8 Å². The van der Waals surface area contributed by atoms with Crippen LogP contribution < -0.4 is 5.73 Å². The van der Waals surface area contributed by atoms with Crippen LogP contribution in [-0.2, 0) is 5.41 Å². The number of hydrogen-bond donors (Lipinski definition) is 2. The molecular formula is C14H20N4O. The van der Waals surface area contributed by atoms with Crippen molar-refractivity contribution in [3.8, 4) is 0 Å². The van der Waals surface area contributed by atoms with Crippen molar-refractivity contribution < 1.29 is 5.11 Å². The molecule has 4 aliphatic rings. The number of rotatable bonds is 1. The second-order valence-corrected chi connectivity index (χ2v) is 6.43. The molecule has 5 heteroatoms. The summed E-state index contributed by atoms with van der Waals surface area (Å²) in [5.41, 5.74) is 6.65. The van der Waals surface area contributed by atoms with Crippen molar-refractivity contribution >= 4 is 0 Å². The lowest BCUT2D eigenvalue weighted by Crippen LogP contribution is -2.78. The Hall–Kier alpha value is -1.01. The first-order chi connectivity index (χ1) is 9.12. The summed E-state index contributed by atoms with van der Waals surface area (Å²) in [5, 5.41) is 10.9. The molecule has 3 N–H and O–H groups in total.